The highest BCUT2D eigenvalue weighted by Gasteiger charge is 2.17. The van der Waals surface area contributed by atoms with E-state index in [1.54, 1.807) is 25.1 Å². The van der Waals surface area contributed by atoms with Gasteiger partial charge in [-0.1, -0.05) is 34.5 Å². The lowest BCUT2D eigenvalue weighted by atomic mass is 10.2. The molecule has 0 aromatic heterocycles. The van der Waals surface area contributed by atoms with Crippen LogP contribution in [0.25, 0.3) is 0 Å². The first-order valence-corrected chi connectivity index (χ1v) is 5.56. The van der Waals surface area contributed by atoms with Gasteiger partial charge < -0.3 is 9.84 Å². The zero-order chi connectivity index (χ0) is 11.4. The molecule has 0 radical (unpaired) electrons. The van der Waals surface area contributed by atoms with Crippen LogP contribution < -0.4 is 4.74 Å². The van der Waals surface area contributed by atoms with E-state index in [0.29, 0.717) is 17.2 Å². The lowest BCUT2D eigenvalue weighted by Gasteiger charge is -2.14. The minimum atomic E-state index is -0.989. The number of hydrogen-bond donors (Lipinski definition) is 1. The molecule has 0 spiro atoms. The van der Waals surface area contributed by atoms with Crippen LogP contribution in [-0.4, -0.2) is 17.2 Å². The van der Waals surface area contributed by atoms with Gasteiger partial charge in [0, 0.05) is 4.47 Å². The second kappa shape index (κ2) is 5.37. The minimum absolute atomic E-state index is 0.383. The van der Waals surface area contributed by atoms with Crippen molar-refractivity contribution in [1.82, 2.24) is 0 Å². The Labute approximate surface area is 101 Å². The summed E-state index contributed by atoms with van der Waals surface area (Å²) in [5.74, 6) is -0.606. The fraction of sp³-hybridized carbons (Fsp3) is 0.300. The standard InChI is InChI=1S/C10H10BrClO3/c1-2-8(10(13)14)15-9-4-3-6(11)5-7(9)12/h3-5,8H,2H2,1H3,(H,13,14)/t8-/m0/s1. The summed E-state index contributed by atoms with van der Waals surface area (Å²) in [5, 5.41) is 9.20. The monoisotopic (exact) mass is 292 g/mol. The summed E-state index contributed by atoms with van der Waals surface area (Å²) in [6, 6.07) is 5.04. The number of ether oxygens (including phenoxy) is 1. The van der Waals surface area contributed by atoms with Crippen LogP contribution in [0.2, 0.25) is 5.02 Å². The van der Waals surface area contributed by atoms with Gasteiger partial charge in [-0.3, -0.25) is 0 Å². The average Bonchev–Trinajstić information content (AvgIpc) is 2.16. The number of carbonyl (C=O) groups is 1. The molecular weight excluding hydrogens is 283 g/mol. The predicted molar refractivity (Wildman–Crippen MR) is 61.5 cm³/mol. The van der Waals surface area contributed by atoms with Gasteiger partial charge in [0.15, 0.2) is 6.10 Å². The van der Waals surface area contributed by atoms with E-state index >= 15 is 0 Å². The van der Waals surface area contributed by atoms with E-state index < -0.39 is 12.1 Å². The van der Waals surface area contributed by atoms with Crippen LogP contribution in [0.4, 0.5) is 0 Å². The van der Waals surface area contributed by atoms with E-state index in [9.17, 15) is 4.79 Å². The summed E-state index contributed by atoms with van der Waals surface area (Å²) in [5.41, 5.74) is 0. The summed E-state index contributed by atoms with van der Waals surface area (Å²) >= 11 is 9.14. The summed E-state index contributed by atoms with van der Waals surface area (Å²) in [6.45, 7) is 1.74. The summed E-state index contributed by atoms with van der Waals surface area (Å²) in [7, 11) is 0. The first-order valence-electron chi connectivity index (χ1n) is 4.39. The Bertz CT molecular complexity index is 368. The van der Waals surface area contributed by atoms with Crippen molar-refractivity contribution in [3.05, 3.63) is 27.7 Å². The highest BCUT2D eigenvalue weighted by molar-refractivity contribution is 9.10. The van der Waals surface area contributed by atoms with Crippen molar-refractivity contribution in [2.45, 2.75) is 19.4 Å². The molecule has 82 valence electrons. The molecule has 1 aromatic carbocycles. The minimum Gasteiger partial charge on any atom is -0.479 e. The highest BCUT2D eigenvalue weighted by Crippen LogP contribution is 2.28. The zero-order valence-electron chi connectivity index (χ0n) is 8.04. The van der Waals surface area contributed by atoms with Crippen molar-refractivity contribution in [3.63, 3.8) is 0 Å². The second-order valence-corrected chi connectivity index (χ2v) is 4.25. The van der Waals surface area contributed by atoms with Gasteiger partial charge in [-0.05, 0) is 24.6 Å². The van der Waals surface area contributed by atoms with Crippen LogP contribution in [0.15, 0.2) is 22.7 Å². The first kappa shape index (κ1) is 12.3. The van der Waals surface area contributed by atoms with Crippen LogP contribution in [0, 0.1) is 0 Å². The van der Waals surface area contributed by atoms with Crippen LogP contribution in [-0.2, 0) is 4.79 Å². The molecule has 0 heterocycles. The van der Waals surface area contributed by atoms with Crippen molar-refractivity contribution in [3.8, 4) is 5.75 Å². The average molecular weight is 294 g/mol. The van der Waals surface area contributed by atoms with Gasteiger partial charge >= 0.3 is 5.97 Å². The molecule has 0 aliphatic rings. The summed E-state index contributed by atoms with van der Waals surface area (Å²) < 4.78 is 6.08. The molecule has 0 saturated carbocycles. The van der Waals surface area contributed by atoms with Gasteiger partial charge in [0.2, 0.25) is 0 Å². The molecule has 1 atom stereocenters. The number of aliphatic carboxylic acids is 1. The van der Waals surface area contributed by atoms with E-state index in [1.165, 1.54) is 0 Å². The molecule has 3 nitrogen and oxygen atoms in total. The van der Waals surface area contributed by atoms with Gasteiger partial charge in [0.25, 0.3) is 0 Å². The molecule has 1 aromatic rings. The first-order chi connectivity index (χ1) is 7.04. The molecular formula is C10H10BrClO3. The van der Waals surface area contributed by atoms with Crippen molar-refractivity contribution in [2.75, 3.05) is 0 Å². The Morgan fingerprint density at radius 3 is 2.80 bits per heavy atom. The number of carboxylic acid groups (broad SMARTS) is 1. The molecule has 0 aliphatic heterocycles. The van der Waals surface area contributed by atoms with Gasteiger partial charge in [-0.15, -0.1) is 0 Å². The van der Waals surface area contributed by atoms with Crippen molar-refractivity contribution >= 4 is 33.5 Å². The maximum absolute atomic E-state index is 10.7. The van der Waals surface area contributed by atoms with Gasteiger partial charge in [0.1, 0.15) is 5.75 Å². The van der Waals surface area contributed by atoms with Crippen molar-refractivity contribution < 1.29 is 14.6 Å². The molecule has 0 fully saturated rings. The predicted octanol–water partition coefficient (Wildman–Crippen LogP) is 3.34. The lowest BCUT2D eigenvalue weighted by molar-refractivity contribution is -0.145. The lowest BCUT2D eigenvalue weighted by Crippen LogP contribution is -2.25. The SMILES string of the molecule is CC[C@H](Oc1ccc(Br)cc1Cl)C(=O)O. The van der Waals surface area contributed by atoms with E-state index in [4.69, 9.17) is 21.4 Å². The van der Waals surface area contributed by atoms with Crippen LogP contribution in [0.1, 0.15) is 13.3 Å². The topological polar surface area (TPSA) is 46.5 Å². The smallest absolute Gasteiger partial charge is 0.344 e. The molecule has 0 unspecified atom stereocenters. The molecule has 0 saturated heterocycles. The van der Waals surface area contributed by atoms with Gasteiger partial charge in [-0.2, -0.15) is 0 Å². The van der Waals surface area contributed by atoms with Crippen molar-refractivity contribution in [2.24, 2.45) is 0 Å². The third kappa shape index (κ3) is 3.39. The van der Waals surface area contributed by atoms with E-state index in [0.717, 1.165) is 4.47 Å². The third-order valence-electron chi connectivity index (χ3n) is 1.81. The Hall–Kier alpha value is -0.740. The molecule has 15 heavy (non-hydrogen) atoms. The highest BCUT2D eigenvalue weighted by atomic mass is 79.9. The Balaban J connectivity index is 2.84. The summed E-state index contributed by atoms with van der Waals surface area (Å²) in [4.78, 5) is 10.7. The molecule has 0 amide bonds. The Kier molecular flexibility index (Phi) is 4.42. The quantitative estimate of drug-likeness (QED) is 0.926. The molecule has 0 aliphatic carbocycles. The number of rotatable bonds is 4. The molecule has 0 bridgehead atoms. The van der Waals surface area contributed by atoms with E-state index in [-0.39, 0.29) is 0 Å². The molecule has 5 heteroatoms. The maximum Gasteiger partial charge on any atom is 0.344 e. The number of hydrogen-bond acceptors (Lipinski definition) is 2. The van der Waals surface area contributed by atoms with Crippen LogP contribution >= 0.6 is 27.5 Å². The normalized spacial score (nSPS) is 12.2. The van der Waals surface area contributed by atoms with Gasteiger partial charge in [0.05, 0.1) is 5.02 Å². The molecule has 1 rings (SSSR count). The largest absolute Gasteiger partial charge is 0.479 e. The van der Waals surface area contributed by atoms with Crippen LogP contribution in [0.5, 0.6) is 5.75 Å². The molecule has 1 N–H and O–H groups in total. The maximum atomic E-state index is 10.7. The van der Waals surface area contributed by atoms with E-state index in [2.05, 4.69) is 15.9 Å². The fourth-order valence-corrected chi connectivity index (χ4v) is 1.75. The Morgan fingerprint density at radius 2 is 2.33 bits per heavy atom. The second-order valence-electron chi connectivity index (χ2n) is 2.93. The number of halogens is 2. The fourth-order valence-electron chi connectivity index (χ4n) is 1.03. The Morgan fingerprint density at radius 1 is 1.67 bits per heavy atom. The van der Waals surface area contributed by atoms with Crippen molar-refractivity contribution in [1.29, 1.82) is 0 Å². The third-order valence-corrected chi connectivity index (χ3v) is 2.60. The summed E-state index contributed by atoms with van der Waals surface area (Å²) in [6.07, 6.45) is -0.467. The number of benzene rings is 1. The zero-order valence-corrected chi connectivity index (χ0v) is 10.4. The van der Waals surface area contributed by atoms with Gasteiger partial charge in [-0.25, -0.2) is 4.79 Å². The van der Waals surface area contributed by atoms with Crippen LogP contribution in [0.3, 0.4) is 0 Å². The number of carboxylic acids is 1. The van der Waals surface area contributed by atoms with E-state index in [1.807, 2.05) is 0 Å².